The lowest BCUT2D eigenvalue weighted by Gasteiger charge is -2.18. The van der Waals surface area contributed by atoms with Crippen molar-refractivity contribution in [1.82, 2.24) is 0 Å². The highest BCUT2D eigenvalue weighted by atomic mass is 35.5. The van der Waals surface area contributed by atoms with Gasteiger partial charge in [-0.15, -0.1) is 11.6 Å². The van der Waals surface area contributed by atoms with E-state index in [0.29, 0.717) is 22.8 Å². The zero-order valence-electron chi connectivity index (χ0n) is 8.86. The van der Waals surface area contributed by atoms with Crippen LogP contribution in [0.25, 0.3) is 0 Å². The van der Waals surface area contributed by atoms with Crippen molar-refractivity contribution in [1.29, 1.82) is 0 Å². The molecule has 2 atom stereocenters. The van der Waals surface area contributed by atoms with E-state index in [0.717, 1.165) is 0 Å². The number of hydrogen-bond donors (Lipinski definition) is 2. The Labute approximate surface area is 105 Å². The van der Waals surface area contributed by atoms with Gasteiger partial charge >= 0.3 is 0 Å². The first-order valence-electron chi connectivity index (χ1n) is 4.85. The van der Waals surface area contributed by atoms with Crippen LogP contribution in [0.2, 0.25) is 5.02 Å². The second-order valence-corrected chi connectivity index (χ2v) is 4.16. The molecule has 0 aliphatic heterocycles. The van der Waals surface area contributed by atoms with E-state index >= 15 is 0 Å². The molecule has 0 amide bonds. The molecule has 1 rings (SSSR count). The van der Waals surface area contributed by atoms with Gasteiger partial charge in [0, 0.05) is 16.5 Å². The molecule has 2 unspecified atom stereocenters. The molecular formula is C11H14Cl2O3. The van der Waals surface area contributed by atoms with Crippen LogP contribution in [0.15, 0.2) is 18.2 Å². The Morgan fingerprint density at radius 3 is 2.62 bits per heavy atom. The van der Waals surface area contributed by atoms with Gasteiger partial charge in [-0.2, -0.15) is 0 Å². The summed E-state index contributed by atoms with van der Waals surface area (Å²) < 4.78 is 5.02. The third-order valence-corrected chi connectivity index (χ3v) is 2.85. The van der Waals surface area contributed by atoms with Crippen molar-refractivity contribution >= 4 is 23.2 Å². The molecule has 1 aromatic carbocycles. The molecule has 90 valence electrons. The number of aliphatic hydroxyl groups is 2. The lowest BCUT2D eigenvalue weighted by molar-refractivity contribution is 0.0169. The Bertz CT molecular complexity index is 344. The summed E-state index contributed by atoms with van der Waals surface area (Å²) in [4.78, 5) is 0. The van der Waals surface area contributed by atoms with Crippen molar-refractivity contribution in [3.8, 4) is 5.75 Å². The lowest BCUT2D eigenvalue weighted by atomic mass is 10.0. The molecule has 5 heteroatoms. The predicted molar refractivity (Wildman–Crippen MR) is 64.3 cm³/mol. The van der Waals surface area contributed by atoms with E-state index < -0.39 is 12.2 Å². The maximum absolute atomic E-state index is 9.87. The highest BCUT2D eigenvalue weighted by Crippen LogP contribution is 2.30. The minimum atomic E-state index is -1.05. The third kappa shape index (κ3) is 3.25. The summed E-state index contributed by atoms with van der Waals surface area (Å²) in [6.07, 6.45) is -1.68. The van der Waals surface area contributed by atoms with Crippen LogP contribution in [0.4, 0.5) is 0 Å². The quantitative estimate of drug-likeness (QED) is 0.803. The van der Waals surface area contributed by atoms with Crippen molar-refractivity contribution in [3.05, 3.63) is 28.8 Å². The van der Waals surface area contributed by atoms with Gasteiger partial charge in [-0.1, -0.05) is 11.6 Å². The fourth-order valence-electron chi connectivity index (χ4n) is 1.35. The van der Waals surface area contributed by atoms with Crippen molar-refractivity contribution in [2.45, 2.75) is 18.6 Å². The molecule has 0 heterocycles. The van der Waals surface area contributed by atoms with Gasteiger partial charge in [-0.25, -0.2) is 0 Å². The first-order chi connectivity index (χ1) is 7.60. The molecule has 0 aliphatic rings. The molecule has 0 radical (unpaired) electrons. The zero-order chi connectivity index (χ0) is 12.1. The van der Waals surface area contributed by atoms with Crippen LogP contribution < -0.4 is 4.74 Å². The van der Waals surface area contributed by atoms with Gasteiger partial charge in [0.25, 0.3) is 0 Å². The van der Waals surface area contributed by atoms with Gasteiger partial charge in [0.15, 0.2) is 0 Å². The standard InChI is InChI=1S/C11H14Cl2O3/c1-16-7-2-3-9(13)8(6-7)11(15)10(14)4-5-12/h2-3,6,10-11,14-15H,4-5H2,1H3. The molecule has 0 saturated heterocycles. The van der Waals surface area contributed by atoms with E-state index in [1.165, 1.54) is 7.11 Å². The van der Waals surface area contributed by atoms with Crippen LogP contribution in [0.5, 0.6) is 5.75 Å². The molecule has 0 aliphatic carbocycles. The molecule has 0 bridgehead atoms. The van der Waals surface area contributed by atoms with E-state index in [1.807, 2.05) is 0 Å². The van der Waals surface area contributed by atoms with Crippen LogP contribution in [0, 0.1) is 0 Å². The number of ether oxygens (including phenoxy) is 1. The van der Waals surface area contributed by atoms with Gasteiger partial charge in [0.2, 0.25) is 0 Å². The van der Waals surface area contributed by atoms with Crippen molar-refractivity contribution < 1.29 is 14.9 Å². The monoisotopic (exact) mass is 264 g/mol. The van der Waals surface area contributed by atoms with Crippen LogP contribution >= 0.6 is 23.2 Å². The van der Waals surface area contributed by atoms with E-state index in [2.05, 4.69) is 0 Å². The molecule has 0 saturated carbocycles. The summed E-state index contributed by atoms with van der Waals surface area (Å²) in [5.74, 6) is 0.858. The highest BCUT2D eigenvalue weighted by molar-refractivity contribution is 6.31. The highest BCUT2D eigenvalue weighted by Gasteiger charge is 2.20. The van der Waals surface area contributed by atoms with E-state index in [1.54, 1.807) is 18.2 Å². The summed E-state index contributed by atoms with van der Waals surface area (Å²) in [5.41, 5.74) is 0.443. The Hall–Kier alpha value is -0.480. The molecule has 16 heavy (non-hydrogen) atoms. The Kier molecular flexibility index (Phi) is 5.35. The molecule has 1 aromatic rings. The fourth-order valence-corrected chi connectivity index (χ4v) is 1.81. The predicted octanol–water partition coefficient (Wildman–Crippen LogP) is 2.37. The maximum atomic E-state index is 9.87. The van der Waals surface area contributed by atoms with Crippen LogP contribution in [-0.4, -0.2) is 29.3 Å². The van der Waals surface area contributed by atoms with Gasteiger partial charge in [-0.05, 0) is 24.6 Å². The zero-order valence-corrected chi connectivity index (χ0v) is 10.4. The van der Waals surface area contributed by atoms with Crippen molar-refractivity contribution in [2.75, 3.05) is 13.0 Å². The van der Waals surface area contributed by atoms with Gasteiger partial charge < -0.3 is 14.9 Å². The van der Waals surface area contributed by atoms with E-state index in [-0.39, 0.29) is 5.88 Å². The Balaban J connectivity index is 2.92. The number of methoxy groups -OCH3 is 1. The molecular weight excluding hydrogens is 251 g/mol. The van der Waals surface area contributed by atoms with E-state index in [9.17, 15) is 10.2 Å². The molecule has 3 nitrogen and oxygen atoms in total. The molecule has 2 N–H and O–H groups in total. The second-order valence-electron chi connectivity index (χ2n) is 3.38. The Morgan fingerprint density at radius 1 is 1.38 bits per heavy atom. The number of hydrogen-bond acceptors (Lipinski definition) is 3. The second kappa shape index (κ2) is 6.30. The van der Waals surface area contributed by atoms with Crippen molar-refractivity contribution in [3.63, 3.8) is 0 Å². The normalized spacial score (nSPS) is 14.6. The third-order valence-electron chi connectivity index (χ3n) is 2.29. The number of benzene rings is 1. The summed E-state index contributed by atoms with van der Waals surface area (Å²) >= 11 is 11.4. The fraction of sp³-hybridized carbons (Fsp3) is 0.455. The largest absolute Gasteiger partial charge is 0.497 e. The topological polar surface area (TPSA) is 49.7 Å². The molecule has 0 aromatic heterocycles. The van der Waals surface area contributed by atoms with Gasteiger partial charge in [0.05, 0.1) is 13.2 Å². The number of halogens is 2. The smallest absolute Gasteiger partial charge is 0.119 e. The summed E-state index contributed by atoms with van der Waals surface area (Å²) in [7, 11) is 1.52. The van der Waals surface area contributed by atoms with E-state index in [4.69, 9.17) is 27.9 Å². The lowest BCUT2D eigenvalue weighted by Crippen LogP contribution is -2.19. The minimum absolute atomic E-state index is 0.278. The number of alkyl halides is 1. The van der Waals surface area contributed by atoms with Crippen LogP contribution in [0.3, 0.4) is 0 Å². The van der Waals surface area contributed by atoms with Crippen LogP contribution in [0.1, 0.15) is 18.1 Å². The molecule has 0 spiro atoms. The van der Waals surface area contributed by atoms with Crippen molar-refractivity contribution in [2.24, 2.45) is 0 Å². The number of aliphatic hydroxyl groups excluding tert-OH is 2. The summed E-state index contributed by atoms with van der Waals surface area (Å²) in [6.45, 7) is 0. The molecule has 0 fully saturated rings. The van der Waals surface area contributed by atoms with Gasteiger partial charge in [0.1, 0.15) is 11.9 Å². The first-order valence-corrected chi connectivity index (χ1v) is 5.77. The summed E-state index contributed by atoms with van der Waals surface area (Å²) in [6, 6.07) is 4.91. The minimum Gasteiger partial charge on any atom is -0.497 e. The summed E-state index contributed by atoms with van der Waals surface area (Å²) in [5, 5.41) is 19.9. The van der Waals surface area contributed by atoms with Crippen LogP contribution in [-0.2, 0) is 0 Å². The van der Waals surface area contributed by atoms with Gasteiger partial charge in [-0.3, -0.25) is 0 Å². The number of rotatable bonds is 5. The Morgan fingerprint density at radius 2 is 2.06 bits per heavy atom. The average molecular weight is 265 g/mol. The SMILES string of the molecule is COc1ccc(Cl)c(C(O)C(O)CCCl)c1. The average Bonchev–Trinajstić information content (AvgIpc) is 2.29. The maximum Gasteiger partial charge on any atom is 0.119 e. The first kappa shape index (κ1) is 13.6.